The summed E-state index contributed by atoms with van der Waals surface area (Å²) in [5.74, 6) is 0.380. The number of hydrogen-bond donors (Lipinski definition) is 0. The average molecular weight is 2510 g/mol. The fourth-order valence-corrected chi connectivity index (χ4v) is 14.1. The average Bonchev–Trinajstić information content (AvgIpc) is 1.56. The van der Waals surface area contributed by atoms with Crippen molar-refractivity contribution in [3.05, 3.63) is 459 Å². The second-order valence-corrected chi connectivity index (χ2v) is 30.0. The zero-order chi connectivity index (χ0) is 104. The van der Waals surface area contributed by atoms with Crippen molar-refractivity contribution in [3.63, 3.8) is 0 Å². The molecular weight excluding hydrogens is 2410 g/mol. The van der Waals surface area contributed by atoms with Crippen molar-refractivity contribution in [2.24, 2.45) is 0 Å². The van der Waals surface area contributed by atoms with Crippen LogP contribution in [0.3, 0.4) is 0 Å². The van der Waals surface area contributed by atoms with Gasteiger partial charge in [0.1, 0.15) is 16.7 Å². The molecular formula is C117H86Ir4N12O4-8. The Morgan fingerprint density at radius 3 is 1.29 bits per heavy atom. The molecule has 0 saturated heterocycles. The van der Waals surface area contributed by atoms with Gasteiger partial charge < -0.3 is 62.5 Å². The van der Waals surface area contributed by atoms with Crippen LogP contribution in [0.2, 0.25) is 0 Å². The van der Waals surface area contributed by atoms with Crippen molar-refractivity contribution in [1.82, 2.24) is 59.8 Å². The molecule has 0 N–H and O–H groups in total. The predicted octanol–water partition coefficient (Wildman–Crippen LogP) is 28.5. The van der Waals surface area contributed by atoms with Gasteiger partial charge in [-0.3, -0.25) is 9.97 Å². The zero-order valence-electron chi connectivity index (χ0n) is 88.1. The molecule has 0 spiro atoms. The first-order valence-corrected chi connectivity index (χ1v) is 42.1. The Labute approximate surface area is 870 Å². The first-order chi connectivity index (χ1) is 71.3. The third kappa shape index (κ3) is 24.9. The van der Waals surface area contributed by atoms with Crippen molar-refractivity contribution < 1.29 is 119 Å². The van der Waals surface area contributed by atoms with Crippen molar-refractivity contribution in [3.8, 4) is 90.1 Å². The Morgan fingerprint density at radius 2 is 0.745 bits per heavy atom. The molecule has 137 heavy (non-hydrogen) atoms. The molecule has 0 bridgehead atoms. The summed E-state index contributed by atoms with van der Waals surface area (Å²) in [6.45, 7) is -5.72. The summed E-state index contributed by atoms with van der Waals surface area (Å²) in [7, 11) is 0. The Balaban J connectivity index is 0.000000145. The molecule has 0 aliphatic rings. The standard InChI is InChI=1S/C20H17N2O.3C16H9N2O.2C13H12N.C12H10N.C11H8N.4Ir/c1-12(2)14-8-10-22-18-16-6-4-5-15(19(16)23-20(14)18)17-11-13(3)7-9-21-17;1-2-8-17-14(5-1)11-6-7-12-13-4-3-9-18-16(13)19-15(12)10-11;1-2-7-14-12(5-1)16-15(19-14)9-11(10-18-16)13-6-3-4-8-17-13;1-2-8-17-13(4-1)11-6-7-12-15(10-11)19-14-5-3-9-18-16(12)14;2*1-10-8-13(14-9-11(10)2)12-6-4-3-5-7-12;1-10-7-8-12(13-9-10)11-5-3-2-4-6-11;1-2-6-10(7-3-1)11-8-4-5-9-12-11;;;;/h4,6-12H,1-3H3;1-5,7-10H;1-9H;1-5,7-10H;2*3-6,8-9H,1-2H3;2-5,7-9H,1H3;1-6,8-9H;;;;/q8*-1;;;;/i;;;;2*1D3,2D3;1D3;;;;;. The maximum absolute atomic E-state index is 7.50. The summed E-state index contributed by atoms with van der Waals surface area (Å²) in [6.07, 6.45) is 20.9. The maximum atomic E-state index is 7.50. The second-order valence-electron chi connectivity index (χ2n) is 30.0. The molecule has 0 aliphatic carbocycles. The normalized spacial score (nSPS) is 12.5. The Hall–Kier alpha value is -14.6. The van der Waals surface area contributed by atoms with E-state index in [0.717, 1.165) is 168 Å². The number of para-hydroxylation sites is 1. The monoisotopic (exact) mass is 2510 g/mol. The van der Waals surface area contributed by atoms with Crippen LogP contribution >= 0.6 is 0 Å². The van der Waals surface area contributed by atoms with Crippen molar-refractivity contribution in [2.45, 2.75) is 60.9 Å². The van der Waals surface area contributed by atoms with Crippen LogP contribution in [0.1, 0.15) is 79.3 Å². The van der Waals surface area contributed by atoms with Crippen LogP contribution in [-0.4, -0.2) is 59.8 Å². The molecule has 4 radical (unpaired) electrons. The first kappa shape index (κ1) is 80.8. The van der Waals surface area contributed by atoms with Crippen LogP contribution in [0.25, 0.3) is 178 Å². The predicted molar refractivity (Wildman–Crippen MR) is 531 cm³/mol. The van der Waals surface area contributed by atoms with E-state index in [0.29, 0.717) is 34.1 Å². The molecule has 0 amide bonds. The molecule has 0 unspecified atom stereocenters. The minimum atomic E-state index is -2.50. The number of aryl methyl sites for hydroxylation is 6. The topological polar surface area (TPSA) is 207 Å². The summed E-state index contributed by atoms with van der Waals surface area (Å²) < 4.78 is 135. The number of rotatable bonds is 9. The summed E-state index contributed by atoms with van der Waals surface area (Å²) in [5, 5.41) is 5.06. The molecule has 8 aromatic carbocycles. The first-order valence-electron chi connectivity index (χ1n) is 49.6. The Bertz CT molecular complexity index is 8130. The number of aromatic nitrogens is 12. The number of hydrogen-bond acceptors (Lipinski definition) is 16. The van der Waals surface area contributed by atoms with Gasteiger partial charge in [-0.2, -0.15) is 0 Å². The fraction of sp³-hybridized carbons (Fsp3) is 0.0769. The Morgan fingerprint density at radius 1 is 0.270 bits per heavy atom. The van der Waals surface area contributed by atoms with E-state index in [1.54, 1.807) is 104 Å². The molecule has 16 nitrogen and oxygen atoms in total. The van der Waals surface area contributed by atoms with Crippen LogP contribution in [0.4, 0.5) is 0 Å². The van der Waals surface area contributed by atoms with E-state index < -0.39 is 34.3 Å². The third-order valence-electron chi connectivity index (χ3n) is 20.6. The smallest absolute Gasteiger partial charge is 0.215 e. The number of fused-ring (bicyclic) bond motifs is 12. The van der Waals surface area contributed by atoms with Gasteiger partial charge in [0.05, 0.1) is 33.4 Å². The molecule has 24 rings (SSSR count). The number of nitrogens with zero attached hydrogens (tertiary/aromatic N) is 12. The number of benzene rings is 8. The van der Waals surface area contributed by atoms with Gasteiger partial charge in [-0.15, -0.1) is 203 Å². The largest absolute Gasteiger partial charge is 0.499 e. The van der Waals surface area contributed by atoms with Crippen molar-refractivity contribution in [2.75, 3.05) is 0 Å². The summed E-state index contributed by atoms with van der Waals surface area (Å²) in [6, 6.07) is 115. The molecule has 16 aromatic heterocycles. The van der Waals surface area contributed by atoms with Gasteiger partial charge >= 0.3 is 0 Å². The van der Waals surface area contributed by atoms with E-state index in [9.17, 15) is 0 Å². The quantitative estimate of drug-likeness (QED) is 0.123. The molecule has 16 heterocycles. The van der Waals surface area contributed by atoms with E-state index >= 15 is 0 Å². The molecule has 0 saturated carbocycles. The second kappa shape index (κ2) is 48.5. The van der Waals surface area contributed by atoms with E-state index in [-0.39, 0.29) is 108 Å². The number of furan rings is 4. The minimum Gasteiger partial charge on any atom is -0.499 e. The molecule has 682 valence electrons. The van der Waals surface area contributed by atoms with Gasteiger partial charge in [0.2, 0.25) is 5.71 Å². The maximum Gasteiger partial charge on any atom is 0.215 e. The van der Waals surface area contributed by atoms with Crippen molar-refractivity contribution in [1.29, 1.82) is 0 Å². The molecule has 0 atom stereocenters. The fourth-order valence-electron chi connectivity index (χ4n) is 14.1. The summed E-state index contributed by atoms with van der Waals surface area (Å²) >= 11 is 0. The van der Waals surface area contributed by atoms with Gasteiger partial charge in [0.15, 0.2) is 0 Å². The summed E-state index contributed by atoms with van der Waals surface area (Å²) in [4.78, 5) is 51.3. The van der Waals surface area contributed by atoms with E-state index in [1.165, 1.54) is 23.9 Å². The van der Waals surface area contributed by atoms with E-state index in [4.69, 9.17) is 38.2 Å². The van der Waals surface area contributed by atoms with Crippen LogP contribution in [0.15, 0.2) is 389 Å². The third-order valence-corrected chi connectivity index (χ3v) is 20.6. The molecule has 0 aliphatic heterocycles. The van der Waals surface area contributed by atoms with Gasteiger partial charge in [-0.25, -0.2) is 4.98 Å². The van der Waals surface area contributed by atoms with Gasteiger partial charge in [-0.1, -0.05) is 163 Å². The van der Waals surface area contributed by atoms with Crippen LogP contribution in [0.5, 0.6) is 0 Å². The van der Waals surface area contributed by atoms with Gasteiger partial charge in [-0.05, 0) is 193 Å². The zero-order valence-corrected chi connectivity index (χ0v) is 82.7. The molecule has 0 fully saturated rings. The SMILES string of the molecule is Cc1ccnc(-c2[c-]ccc3c2oc2c(C(C)C)ccnc23)c1.[2H]C([2H])([2H])c1ccc(-c2[c-]cccc2)nc1.[2H]C([2H])([2H])c1cnc(-c2[c-]cccc2)cc1C([2H])([2H])[2H].[2H]C([2H])([2H])c1cnc(-c2[c-]cccc2)cc1C([2H])([2H])[2H].[Ir].[Ir].[Ir].[Ir].[c-]1cc2c(cc1-c1ccccn1)oc1cccnc12.[c-]1cc2c(cc1-c1ccccn1)oc1ncccc12.[c-]1ccccc1-c1ccccn1.[c-]1nc2c(cc1-c1ccccn1)oc1ccccc12. The summed E-state index contributed by atoms with van der Waals surface area (Å²) in [5.41, 5.74) is 23.4. The molecule has 24 aromatic rings. The van der Waals surface area contributed by atoms with Crippen LogP contribution in [-0.2, 0) is 80.4 Å². The van der Waals surface area contributed by atoms with E-state index in [1.807, 2.05) is 231 Å². The minimum absolute atomic E-state index is 0. The van der Waals surface area contributed by atoms with E-state index in [2.05, 4.69) is 135 Å². The Kier molecular flexibility index (Phi) is 28.6. The molecule has 20 heteroatoms. The van der Waals surface area contributed by atoms with Crippen molar-refractivity contribution >= 4 is 88.3 Å². The van der Waals surface area contributed by atoms with Crippen LogP contribution in [0, 0.1) is 89.8 Å². The van der Waals surface area contributed by atoms with Gasteiger partial charge in [0, 0.05) is 185 Å². The number of pyridine rings is 12. The van der Waals surface area contributed by atoms with Gasteiger partial charge in [0.25, 0.3) is 0 Å². The van der Waals surface area contributed by atoms with Crippen LogP contribution < -0.4 is 0 Å².